The second-order valence-electron chi connectivity index (χ2n) is 6.90. The minimum absolute atomic E-state index is 0.188. The van der Waals surface area contributed by atoms with Crippen molar-refractivity contribution >= 4 is 11.6 Å². The molecule has 2 aromatic carbocycles. The fourth-order valence-electron chi connectivity index (χ4n) is 3.04. The largest absolute Gasteiger partial charge is 0.455 e. The SMILES string of the molecule is Cc1cc(NC(=O)Cn2nc(-c3ccccc3)ccc2=O)ccc1Oc1cccnc1. The molecule has 4 rings (SSSR count). The molecule has 154 valence electrons. The van der Waals surface area contributed by atoms with E-state index in [1.54, 1.807) is 42.7 Å². The van der Waals surface area contributed by atoms with Gasteiger partial charge in [-0.3, -0.25) is 14.6 Å². The molecule has 0 bridgehead atoms. The van der Waals surface area contributed by atoms with Crippen molar-refractivity contribution in [3.63, 3.8) is 0 Å². The lowest BCUT2D eigenvalue weighted by Gasteiger charge is -2.11. The zero-order chi connectivity index (χ0) is 21.6. The maximum absolute atomic E-state index is 12.5. The van der Waals surface area contributed by atoms with Crippen molar-refractivity contribution in [1.82, 2.24) is 14.8 Å². The summed E-state index contributed by atoms with van der Waals surface area (Å²) in [6.45, 7) is 1.70. The fraction of sp³-hybridized carbons (Fsp3) is 0.0833. The highest BCUT2D eigenvalue weighted by Crippen LogP contribution is 2.26. The van der Waals surface area contributed by atoms with Crippen LogP contribution in [0.5, 0.6) is 11.5 Å². The Bertz CT molecular complexity index is 1250. The van der Waals surface area contributed by atoms with Crippen molar-refractivity contribution in [1.29, 1.82) is 0 Å². The van der Waals surface area contributed by atoms with Crippen molar-refractivity contribution in [2.75, 3.05) is 5.32 Å². The number of rotatable bonds is 6. The molecule has 0 aliphatic heterocycles. The third-order valence-electron chi connectivity index (χ3n) is 4.55. The Morgan fingerprint density at radius 2 is 1.87 bits per heavy atom. The van der Waals surface area contributed by atoms with Gasteiger partial charge < -0.3 is 10.1 Å². The Balaban J connectivity index is 1.45. The molecule has 31 heavy (non-hydrogen) atoms. The van der Waals surface area contributed by atoms with E-state index in [9.17, 15) is 9.59 Å². The number of carbonyl (C=O) groups excluding carboxylic acids is 1. The maximum atomic E-state index is 12.5. The second-order valence-corrected chi connectivity index (χ2v) is 6.90. The molecule has 0 atom stereocenters. The summed E-state index contributed by atoms with van der Waals surface area (Å²) < 4.78 is 6.96. The summed E-state index contributed by atoms with van der Waals surface area (Å²) in [4.78, 5) is 28.7. The molecule has 0 fully saturated rings. The molecule has 1 N–H and O–H groups in total. The number of pyridine rings is 1. The zero-order valence-electron chi connectivity index (χ0n) is 16.9. The van der Waals surface area contributed by atoms with Crippen LogP contribution in [0.15, 0.2) is 90.0 Å². The lowest BCUT2D eigenvalue weighted by atomic mass is 10.1. The highest BCUT2D eigenvalue weighted by Gasteiger charge is 2.10. The van der Waals surface area contributed by atoms with Gasteiger partial charge in [-0.05, 0) is 48.9 Å². The van der Waals surface area contributed by atoms with Crippen LogP contribution >= 0.6 is 0 Å². The number of ether oxygens (including phenoxy) is 1. The van der Waals surface area contributed by atoms with Crippen LogP contribution in [0.2, 0.25) is 0 Å². The molecule has 0 spiro atoms. The van der Waals surface area contributed by atoms with Crippen LogP contribution in [-0.4, -0.2) is 20.7 Å². The van der Waals surface area contributed by atoms with Crippen molar-refractivity contribution in [2.24, 2.45) is 0 Å². The molecule has 1 amide bonds. The Morgan fingerprint density at radius 1 is 1.03 bits per heavy atom. The smallest absolute Gasteiger partial charge is 0.267 e. The van der Waals surface area contributed by atoms with E-state index < -0.39 is 0 Å². The van der Waals surface area contributed by atoms with Gasteiger partial charge in [0, 0.05) is 23.5 Å². The van der Waals surface area contributed by atoms with E-state index in [0.717, 1.165) is 15.8 Å². The topological polar surface area (TPSA) is 86.1 Å². The molecule has 4 aromatic rings. The summed E-state index contributed by atoms with van der Waals surface area (Å²) in [7, 11) is 0. The van der Waals surface area contributed by atoms with Crippen LogP contribution in [0.4, 0.5) is 5.69 Å². The molecule has 0 aliphatic carbocycles. The predicted molar refractivity (Wildman–Crippen MR) is 118 cm³/mol. The maximum Gasteiger partial charge on any atom is 0.267 e. The quantitative estimate of drug-likeness (QED) is 0.516. The molecule has 0 saturated carbocycles. The lowest BCUT2D eigenvalue weighted by Crippen LogP contribution is -2.29. The van der Waals surface area contributed by atoms with Gasteiger partial charge in [-0.1, -0.05) is 30.3 Å². The molecule has 2 heterocycles. The average Bonchev–Trinajstić information content (AvgIpc) is 2.78. The van der Waals surface area contributed by atoms with Crippen LogP contribution in [0, 0.1) is 6.92 Å². The lowest BCUT2D eigenvalue weighted by molar-refractivity contribution is -0.117. The normalized spacial score (nSPS) is 10.5. The molecule has 0 saturated heterocycles. The van der Waals surface area contributed by atoms with E-state index in [4.69, 9.17) is 4.74 Å². The molecule has 2 aromatic heterocycles. The number of nitrogens with zero attached hydrogens (tertiary/aromatic N) is 3. The number of hydrogen-bond donors (Lipinski definition) is 1. The molecule has 0 unspecified atom stereocenters. The first-order valence-corrected chi connectivity index (χ1v) is 9.70. The Kier molecular flexibility index (Phi) is 5.84. The minimum Gasteiger partial charge on any atom is -0.455 e. The second kappa shape index (κ2) is 9.04. The Labute approximate surface area is 179 Å². The molecule has 7 heteroatoms. The zero-order valence-corrected chi connectivity index (χ0v) is 16.9. The van der Waals surface area contributed by atoms with Crippen LogP contribution in [0.3, 0.4) is 0 Å². The minimum atomic E-state index is -0.347. The summed E-state index contributed by atoms with van der Waals surface area (Å²) in [5, 5.41) is 7.12. The van der Waals surface area contributed by atoms with Crippen molar-refractivity contribution < 1.29 is 9.53 Å². The van der Waals surface area contributed by atoms with Crippen molar-refractivity contribution in [2.45, 2.75) is 13.5 Å². The number of amides is 1. The number of anilines is 1. The van der Waals surface area contributed by atoms with Crippen molar-refractivity contribution in [3.8, 4) is 22.8 Å². The summed E-state index contributed by atoms with van der Waals surface area (Å²) >= 11 is 0. The average molecular weight is 412 g/mol. The third-order valence-corrected chi connectivity index (χ3v) is 4.55. The third kappa shape index (κ3) is 5.02. The molecule has 7 nitrogen and oxygen atoms in total. The Morgan fingerprint density at radius 3 is 2.61 bits per heavy atom. The van der Waals surface area contributed by atoms with Gasteiger partial charge in [0.15, 0.2) is 0 Å². The summed E-state index contributed by atoms with van der Waals surface area (Å²) in [6.07, 6.45) is 3.30. The highest BCUT2D eigenvalue weighted by atomic mass is 16.5. The van der Waals surface area contributed by atoms with Crippen LogP contribution < -0.4 is 15.6 Å². The number of aryl methyl sites for hydroxylation is 1. The predicted octanol–water partition coefficient (Wildman–Crippen LogP) is 4.04. The molecular weight excluding hydrogens is 392 g/mol. The first kappa shape index (κ1) is 20.0. The first-order valence-electron chi connectivity index (χ1n) is 9.70. The number of hydrogen-bond acceptors (Lipinski definition) is 5. The van der Waals surface area contributed by atoms with Crippen LogP contribution in [-0.2, 0) is 11.3 Å². The monoisotopic (exact) mass is 412 g/mol. The number of nitrogens with one attached hydrogen (secondary N) is 1. The first-order chi connectivity index (χ1) is 15.1. The standard InChI is InChI=1S/C24H20N4O3/c1-17-14-19(9-11-22(17)31-20-8-5-13-25-15-20)26-23(29)16-28-24(30)12-10-21(27-28)18-6-3-2-4-7-18/h2-15H,16H2,1H3,(H,26,29). The van der Waals surface area contributed by atoms with Gasteiger partial charge in [0.05, 0.1) is 11.9 Å². The molecular formula is C24H20N4O3. The number of benzene rings is 2. The van der Waals surface area contributed by atoms with E-state index in [1.807, 2.05) is 43.3 Å². The van der Waals surface area contributed by atoms with E-state index in [-0.39, 0.29) is 18.0 Å². The summed E-state index contributed by atoms with van der Waals surface area (Å²) in [5.74, 6) is 0.950. The van der Waals surface area contributed by atoms with Gasteiger partial charge >= 0.3 is 0 Å². The van der Waals surface area contributed by atoms with E-state index in [0.29, 0.717) is 22.9 Å². The van der Waals surface area contributed by atoms with Crippen LogP contribution in [0.25, 0.3) is 11.3 Å². The molecule has 0 aliphatic rings. The van der Waals surface area contributed by atoms with E-state index in [1.165, 1.54) is 6.07 Å². The fourth-order valence-corrected chi connectivity index (χ4v) is 3.04. The van der Waals surface area contributed by atoms with Gasteiger partial charge in [0.1, 0.15) is 18.0 Å². The van der Waals surface area contributed by atoms with Gasteiger partial charge in [-0.2, -0.15) is 5.10 Å². The summed E-state index contributed by atoms with van der Waals surface area (Å²) in [5.41, 5.74) is 2.61. The van der Waals surface area contributed by atoms with Gasteiger partial charge in [-0.15, -0.1) is 0 Å². The van der Waals surface area contributed by atoms with Gasteiger partial charge in [-0.25, -0.2) is 4.68 Å². The van der Waals surface area contributed by atoms with E-state index >= 15 is 0 Å². The summed E-state index contributed by atoms with van der Waals surface area (Å²) in [6, 6.07) is 21.5. The van der Waals surface area contributed by atoms with Crippen LogP contribution in [0.1, 0.15) is 5.56 Å². The number of carbonyl (C=O) groups is 1. The van der Waals surface area contributed by atoms with Gasteiger partial charge in [0.2, 0.25) is 5.91 Å². The van der Waals surface area contributed by atoms with Crippen molar-refractivity contribution in [3.05, 3.63) is 101 Å². The highest BCUT2D eigenvalue weighted by molar-refractivity contribution is 5.90. The number of aromatic nitrogens is 3. The van der Waals surface area contributed by atoms with Gasteiger partial charge in [0.25, 0.3) is 5.56 Å². The molecule has 0 radical (unpaired) electrons. The Hall–Kier alpha value is -4.26. The van der Waals surface area contributed by atoms with E-state index in [2.05, 4.69) is 15.4 Å².